The summed E-state index contributed by atoms with van der Waals surface area (Å²) in [7, 11) is -3.50. The Hall–Kier alpha value is -2.97. The molecule has 0 atom stereocenters. The molecule has 2 aromatic carbocycles. The quantitative estimate of drug-likeness (QED) is 0.679. The lowest BCUT2D eigenvalue weighted by Crippen LogP contribution is -2.37. The summed E-state index contributed by atoms with van der Waals surface area (Å²) in [6.45, 7) is 3.25. The number of nitrogens with zero attached hydrogens (tertiary/aromatic N) is 3. The number of rotatable bonds is 5. The van der Waals surface area contributed by atoms with Crippen molar-refractivity contribution < 1.29 is 13.2 Å². The van der Waals surface area contributed by atoms with Crippen LogP contribution >= 0.6 is 0 Å². The second kappa shape index (κ2) is 8.41. The first kappa shape index (κ1) is 20.3. The van der Waals surface area contributed by atoms with E-state index in [0.717, 1.165) is 18.5 Å². The van der Waals surface area contributed by atoms with Crippen LogP contribution in [0.3, 0.4) is 0 Å². The standard InChI is InChI=1S/C22H24N4O3S/c1-17-11-15-25(16-12-17)30(28,29)21-9-5-19(6-10-21)24-22(27)18-3-7-20(8-4-18)26-14-2-13-23-26/h2-10,13-14,17H,11-12,15-16H2,1H3,(H,24,27). The van der Waals surface area contributed by atoms with Crippen LogP contribution in [0.25, 0.3) is 5.69 Å². The monoisotopic (exact) mass is 424 g/mol. The number of carbonyl (C=O) groups is 1. The minimum Gasteiger partial charge on any atom is -0.322 e. The fourth-order valence-corrected chi connectivity index (χ4v) is 4.94. The molecule has 2 heterocycles. The highest BCUT2D eigenvalue weighted by Gasteiger charge is 2.27. The van der Waals surface area contributed by atoms with Crippen molar-refractivity contribution in [1.82, 2.24) is 14.1 Å². The van der Waals surface area contributed by atoms with Gasteiger partial charge in [-0.25, -0.2) is 13.1 Å². The van der Waals surface area contributed by atoms with Gasteiger partial charge in [0.1, 0.15) is 0 Å². The van der Waals surface area contributed by atoms with E-state index in [4.69, 9.17) is 0 Å². The molecule has 0 unspecified atom stereocenters. The third-order valence-electron chi connectivity index (χ3n) is 5.39. The summed E-state index contributed by atoms with van der Waals surface area (Å²) < 4.78 is 28.9. The van der Waals surface area contributed by atoms with Crippen LogP contribution in [0.1, 0.15) is 30.1 Å². The summed E-state index contributed by atoms with van der Waals surface area (Å²) in [4.78, 5) is 12.8. The SMILES string of the molecule is CC1CCN(S(=O)(=O)c2ccc(NC(=O)c3ccc(-n4cccn4)cc3)cc2)CC1. The molecule has 1 fully saturated rings. The zero-order valence-electron chi connectivity index (χ0n) is 16.7. The van der Waals surface area contributed by atoms with E-state index in [1.54, 1.807) is 51.6 Å². The van der Waals surface area contributed by atoms with Gasteiger partial charge in [0.2, 0.25) is 10.0 Å². The number of anilines is 1. The first-order valence-corrected chi connectivity index (χ1v) is 11.4. The van der Waals surface area contributed by atoms with Crippen molar-refractivity contribution in [2.24, 2.45) is 5.92 Å². The van der Waals surface area contributed by atoms with Crippen LogP contribution in [-0.4, -0.2) is 41.5 Å². The van der Waals surface area contributed by atoms with E-state index in [-0.39, 0.29) is 10.8 Å². The molecule has 0 aliphatic carbocycles. The third kappa shape index (κ3) is 4.29. The lowest BCUT2D eigenvalue weighted by atomic mass is 10.0. The highest BCUT2D eigenvalue weighted by molar-refractivity contribution is 7.89. The Bertz CT molecular complexity index is 1100. The zero-order chi connectivity index (χ0) is 21.1. The summed E-state index contributed by atoms with van der Waals surface area (Å²) >= 11 is 0. The van der Waals surface area contributed by atoms with Crippen molar-refractivity contribution in [3.63, 3.8) is 0 Å². The molecule has 30 heavy (non-hydrogen) atoms. The fourth-order valence-electron chi connectivity index (χ4n) is 3.47. The molecule has 0 radical (unpaired) electrons. The summed E-state index contributed by atoms with van der Waals surface area (Å²) in [6.07, 6.45) is 5.28. The number of nitrogens with one attached hydrogen (secondary N) is 1. The summed E-state index contributed by atoms with van der Waals surface area (Å²) in [5.74, 6) is 0.297. The first-order valence-electron chi connectivity index (χ1n) is 9.95. The van der Waals surface area contributed by atoms with E-state index in [0.29, 0.717) is 30.3 Å². The van der Waals surface area contributed by atoms with Gasteiger partial charge in [0.25, 0.3) is 5.91 Å². The molecular weight excluding hydrogens is 400 g/mol. The molecule has 156 valence electrons. The molecule has 1 aromatic heterocycles. The van der Waals surface area contributed by atoms with E-state index in [9.17, 15) is 13.2 Å². The van der Waals surface area contributed by atoms with Gasteiger partial charge in [-0.2, -0.15) is 9.40 Å². The smallest absolute Gasteiger partial charge is 0.255 e. The summed E-state index contributed by atoms with van der Waals surface area (Å²) in [5, 5.41) is 6.96. The predicted molar refractivity (Wildman–Crippen MR) is 115 cm³/mol. The number of hydrogen-bond donors (Lipinski definition) is 1. The Morgan fingerprint density at radius 2 is 1.70 bits per heavy atom. The number of carbonyl (C=O) groups excluding carboxylic acids is 1. The number of aromatic nitrogens is 2. The van der Waals surface area contributed by atoms with E-state index >= 15 is 0 Å². The van der Waals surface area contributed by atoms with Crippen LogP contribution in [0.5, 0.6) is 0 Å². The highest BCUT2D eigenvalue weighted by atomic mass is 32.2. The lowest BCUT2D eigenvalue weighted by Gasteiger charge is -2.29. The molecule has 8 heteroatoms. The van der Waals surface area contributed by atoms with Gasteiger partial charge in [-0.15, -0.1) is 0 Å². The third-order valence-corrected chi connectivity index (χ3v) is 7.30. The molecular formula is C22H24N4O3S. The van der Waals surface area contributed by atoms with Crippen molar-refractivity contribution in [3.05, 3.63) is 72.6 Å². The van der Waals surface area contributed by atoms with Crippen LogP contribution in [0.2, 0.25) is 0 Å². The van der Waals surface area contributed by atoms with Crippen LogP contribution in [0, 0.1) is 5.92 Å². The fraction of sp³-hybridized carbons (Fsp3) is 0.273. The average molecular weight is 425 g/mol. The number of hydrogen-bond acceptors (Lipinski definition) is 4. The molecule has 1 amide bonds. The molecule has 3 aromatic rings. The van der Waals surface area contributed by atoms with E-state index in [1.807, 2.05) is 24.4 Å². The van der Waals surface area contributed by atoms with Gasteiger partial charge in [0.15, 0.2) is 0 Å². The molecule has 0 saturated carbocycles. The van der Waals surface area contributed by atoms with Crippen molar-refractivity contribution in [2.75, 3.05) is 18.4 Å². The number of sulfonamides is 1. The minimum absolute atomic E-state index is 0.249. The molecule has 0 bridgehead atoms. The Balaban J connectivity index is 1.42. The van der Waals surface area contributed by atoms with Gasteiger partial charge in [0, 0.05) is 36.7 Å². The minimum atomic E-state index is -3.50. The normalized spacial score (nSPS) is 15.8. The maximum absolute atomic E-state index is 12.8. The molecule has 1 N–H and O–H groups in total. The van der Waals surface area contributed by atoms with Gasteiger partial charge in [-0.1, -0.05) is 6.92 Å². The Morgan fingerprint density at radius 3 is 2.30 bits per heavy atom. The van der Waals surface area contributed by atoms with Gasteiger partial charge < -0.3 is 5.32 Å². The van der Waals surface area contributed by atoms with Gasteiger partial charge >= 0.3 is 0 Å². The number of piperidine rings is 1. The molecule has 1 aliphatic rings. The highest BCUT2D eigenvalue weighted by Crippen LogP contribution is 2.24. The molecule has 7 nitrogen and oxygen atoms in total. The van der Waals surface area contributed by atoms with E-state index < -0.39 is 10.0 Å². The van der Waals surface area contributed by atoms with Crippen LogP contribution in [0.15, 0.2) is 71.9 Å². The summed E-state index contributed by atoms with van der Waals surface area (Å²) in [5.41, 5.74) is 1.91. The van der Waals surface area contributed by atoms with Gasteiger partial charge in [0.05, 0.1) is 10.6 Å². The van der Waals surface area contributed by atoms with Crippen molar-refractivity contribution in [2.45, 2.75) is 24.7 Å². The topological polar surface area (TPSA) is 84.3 Å². The molecule has 4 rings (SSSR count). The number of benzene rings is 2. The zero-order valence-corrected chi connectivity index (χ0v) is 17.5. The largest absolute Gasteiger partial charge is 0.322 e. The van der Waals surface area contributed by atoms with Crippen molar-refractivity contribution >= 4 is 21.6 Å². The van der Waals surface area contributed by atoms with E-state index in [2.05, 4.69) is 17.3 Å². The lowest BCUT2D eigenvalue weighted by molar-refractivity contribution is 0.102. The van der Waals surface area contributed by atoms with Gasteiger partial charge in [-0.3, -0.25) is 4.79 Å². The van der Waals surface area contributed by atoms with Crippen LogP contribution < -0.4 is 5.32 Å². The second-order valence-corrected chi connectivity index (χ2v) is 9.50. The maximum Gasteiger partial charge on any atom is 0.255 e. The molecule has 1 aliphatic heterocycles. The maximum atomic E-state index is 12.8. The first-order chi connectivity index (χ1) is 14.4. The van der Waals surface area contributed by atoms with Crippen LogP contribution in [0.4, 0.5) is 5.69 Å². The van der Waals surface area contributed by atoms with Gasteiger partial charge in [-0.05, 0) is 73.4 Å². The van der Waals surface area contributed by atoms with Crippen molar-refractivity contribution in [1.29, 1.82) is 0 Å². The van der Waals surface area contributed by atoms with Crippen molar-refractivity contribution in [3.8, 4) is 5.69 Å². The molecule has 0 spiro atoms. The number of amides is 1. The Labute approximate surface area is 176 Å². The average Bonchev–Trinajstić information content (AvgIpc) is 3.29. The van der Waals surface area contributed by atoms with E-state index in [1.165, 1.54) is 0 Å². The molecule has 1 saturated heterocycles. The second-order valence-electron chi connectivity index (χ2n) is 7.56. The Kier molecular flexibility index (Phi) is 5.69. The summed E-state index contributed by atoms with van der Waals surface area (Å²) in [6, 6.07) is 15.2. The van der Waals surface area contributed by atoms with Crippen LogP contribution in [-0.2, 0) is 10.0 Å². The Morgan fingerprint density at radius 1 is 1.03 bits per heavy atom. The predicted octanol–water partition coefficient (Wildman–Crippen LogP) is 3.55.